The van der Waals surface area contributed by atoms with Gasteiger partial charge in [-0.1, -0.05) is 48.2 Å². The third-order valence-electron chi connectivity index (χ3n) is 4.61. The van der Waals surface area contributed by atoms with Gasteiger partial charge in [0.15, 0.2) is 0 Å². The van der Waals surface area contributed by atoms with E-state index in [1.54, 1.807) is 0 Å². The molecule has 1 aliphatic heterocycles. The lowest BCUT2D eigenvalue weighted by molar-refractivity contribution is -0.121. The van der Waals surface area contributed by atoms with Gasteiger partial charge in [-0.15, -0.1) is 0 Å². The number of nitrogens with one attached hydrogen (secondary N) is 1. The molecule has 2 unspecified atom stereocenters. The molecule has 0 spiro atoms. The largest absolute Gasteiger partial charge is 0.493 e. The Labute approximate surface area is 162 Å². The number of carbonyl (C=O) groups is 1. The summed E-state index contributed by atoms with van der Waals surface area (Å²) in [6.07, 6.45) is 0.773. The van der Waals surface area contributed by atoms with Crippen molar-refractivity contribution in [3.8, 4) is 5.75 Å². The number of hydrogen-bond donors (Lipinski definition) is 1. The number of nitrogens with zero attached hydrogens (tertiary/aromatic N) is 2. The monoisotopic (exact) mass is 379 g/mol. The van der Waals surface area contributed by atoms with E-state index in [4.69, 9.17) is 4.74 Å². The van der Waals surface area contributed by atoms with Crippen molar-refractivity contribution >= 4 is 28.6 Å². The lowest BCUT2D eigenvalue weighted by Gasteiger charge is -2.27. The summed E-state index contributed by atoms with van der Waals surface area (Å²) in [4.78, 5) is 21.9. The molecular formula is C21H21N3O2S. The van der Waals surface area contributed by atoms with Crippen LogP contribution in [-0.2, 0) is 4.79 Å². The smallest absolute Gasteiger partial charge is 0.233 e. The molecule has 0 aliphatic carbocycles. The highest BCUT2D eigenvalue weighted by Gasteiger charge is 2.25. The first kappa shape index (κ1) is 17.8. The number of fused-ring (bicyclic) bond motifs is 2. The zero-order valence-corrected chi connectivity index (χ0v) is 16.1. The lowest BCUT2D eigenvalue weighted by atomic mass is 10.0. The Kier molecular flexibility index (Phi) is 4.99. The van der Waals surface area contributed by atoms with Crippen LogP contribution >= 0.6 is 11.8 Å². The fourth-order valence-electron chi connectivity index (χ4n) is 3.25. The van der Waals surface area contributed by atoms with E-state index >= 15 is 0 Å². The molecule has 0 saturated carbocycles. The minimum absolute atomic E-state index is 0.00190. The van der Waals surface area contributed by atoms with Crippen molar-refractivity contribution in [2.45, 2.75) is 36.6 Å². The van der Waals surface area contributed by atoms with Gasteiger partial charge in [0, 0.05) is 17.4 Å². The van der Waals surface area contributed by atoms with Gasteiger partial charge in [0.05, 0.1) is 23.4 Å². The molecule has 2 atom stereocenters. The van der Waals surface area contributed by atoms with Gasteiger partial charge in [0.1, 0.15) is 16.6 Å². The summed E-state index contributed by atoms with van der Waals surface area (Å²) in [5.74, 6) is 1.57. The molecular weight excluding hydrogens is 358 g/mol. The highest BCUT2D eigenvalue weighted by Crippen LogP contribution is 2.33. The Morgan fingerprint density at radius 1 is 1.19 bits per heavy atom. The first-order valence-electron chi connectivity index (χ1n) is 9.04. The van der Waals surface area contributed by atoms with Crippen molar-refractivity contribution in [1.82, 2.24) is 15.3 Å². The van der Waals surface area contributed by atoms with Crippen LogP contribution in [0.25, 0.3) is 10.9 Å². The predicted molar refractivity (Wildman–Crippen MR) is 107 cm³/mol. The SMILES string of the molecule is Cc1nc(SC(C)C(=O)NC2CCOc3ccccc32)c2ccccc2n1. The van der Waals surface area contributed by atoms with Crippen molar-refractivity contribution in [2.75, 3.05) is 6.61 Å². The van der Waals surface area contributed by atoms with Crippen molar-refractivity contribution in [1.29, 1.82) is 0 Å². The molecule has 2 heterocycles. The van der Waals surface area contributed by atoms with Crippen LogP contribution in [0.3, 0.4) is 0 Å². The number of para-hydroxylation sites is 2. The Hall–Kier alpha value is -2.60. The van der Waals surface area contributed by atoms with E-state index in [9.17, 15) is 4.79 Å². The summed E-state index contributed by atoms with van der Waals surface area (Å²) in [5, 5.41) is 4.73. The Balaban J connectivity index is 1.51. The third kappa shape index (κ3) is 3.76. The molecule has 5 nitrogen and oxygen atoms in total. The van der Waals surface area contributed by atoms with Gasteiger partial charge in [-0.2, -0.15) is 0 Å². The lowest BCUT2D eigenvalue weighted by Crippen LogP contribution is -2.36. The zero-order valence-electron chi connectivity index (χ0n) is 15.3. The number of rotatable bonds is 4. The maximum atomic E-state index is 12.8. The second-order valence-electron chi connectivity index (χ2n) is 6.59. The van der Waals surface area contributed by atoms with Gasteiger partial charge >= 0.3 is 0 Å². The molecule has 0 bridgehead atoms. The summed E-state index contributed by atoms with van der Waals surface area (Å²) >= 11 is 1.47. The Morgan fingerprint density at radius 2 is 1.96 bits per heavy atom. The third-order valence-corrected chi connectivity index (χ3v) is 5.71. The zero-order chi connectivity index (χ0) is 18.8. The maximum absolute atomic E-state index is 12.8. The number of hydrogen-bond acceptors (Lipinski definition) is 5. The molecule has 1 aliphatic rings. The Morgan fingerprint density at radius 3 is 2.85 bits per heavy atom. The number of benzene rings is 2. The normalized spacial score (nSPS) is 17.0. The van der Waals surface area contributed by atoms with Crippen molar-refractivity contribution < 1.29 is 9.53 Å². The minimum Gasteiger partial charge on any atom is -0.493 e. The quantitative estimate of drug-likeness (QED) is 0.547. The number of amides is 1. The van der Waals surface area contributed by atoms with Gasteiger partial charge in [-0.05, 0) is 26.0 Å². The fourth-order valence-corrected chi connectivity index (χ4v) is 4.24. The second kappa shape index (κ2) is 7.56. The number of ether oxygens (including phenoxy) is 1. The molecule has 1 N–H and O–H groups in total. The second-order valence-corrected chi connectivity index (χ2v) is 7.92. The van der Waals surface area contributed by atoms with Gasteiger partial charge < -0.3 is 10.1 Å². The van der Waals surface area contributed by atoms with Gasteiger partial charge in [0.25, 0.3) is 0 Å². The molecule has 3 aromatic rings. The van der Waals surface area contributed by atoms with Crippen molar-refractivity contribution in [3.63, 3.8) is 0 Å². The molecule has 4 rings (SSSR count). The van der Waals surface area contributed by atoms with E-state index in [0.717, 1.165) is 33.7 Å². The van der Waals surface area contributed by atoms with Gasteiger partial charge in [-0.25, -0.2) is 9.97 Å². The summed E-state index contributed by atoms with van der Waals surface area (Å²) in [6, 6.07) is 15.8. The minimum atomic E-state index is -0.266. The van der Waals surface area contributed by atoms with E-state index in [-0.39, 0.29) is 17.2 Å². The van der Waals surface area contributed by atoms with Gasteiger partial charge in [0.2, 0.25) is 5.91 Å². The first-order valence-corrected chi connectivity index (χ1v) is 9.92. The van der Waals surface area contributed by atoms with E-state index in [0.29, 0.717) is 12.4 Å². The average Bonchev–Trinajstić information content (AvgIpc) is 2.68. The number of aromatic nitrogens is 2. The van der Waals surface area contributed by atoms with Crippen LogP contribution in [0, 0.1) is 6.92 Å². The molecule has 2 aromatic carbocycles. The average molecular weight is 379 g/mol. The number of aryl methyl sites for hydroxylation is 1. The molecule has 1 amide bonds. The van der Waals surface area contributed by atoms with Gasteiger partial charge in [-0.3, -0.25) is 4.79 Å². The van der Waals surface area contributed by atoms with Crippen molar-refractivity contribution in [3.05, 3.63) is 59.9 Å². The highest BCUT2D eigenvalue weighted by molar-refractivity contribution is 8.00. The van der Waals surface area contributed by atoms with Crippen LogP contribution in [0.15, 0.2) is 53.6 Å². The topological polar surface area (TPSA) is 64.1 Å². The van der Waals surface area contributed by atoms with Crippen LogP contribution in [0.5, 0.6) is 5.75 Å². The summed E-state index contributed by atoms with van der Waals surface area (Å²) < 4.78 is 5.68. The molecule has 0 saturated heterocycles. The van der Waals surface area contributed by atoms with E-state index < -0.39 is 0 Å². The van der Waals surface area contributed by atoms with E-state index in [2.05, 4.69) is 15.3 Å². The van der Waals surface area contributed by atoms with E-state index in [1.165, 1.54) is 11.8 Å². The number of carbonyl (C=O) groups excluding carboxylic acids is 1. The van der Waals surface area contributed by atoms with Crippen LogP contribution in [0.1, 0.15) is 30.8 Å². The number of thioether (sulfide) groups is 1. The molecule has 0 fully saturated rings. The highest BCUT2D eigenvalue weighted by atomic mass is 32.2. The van der Waals surface area contributed by atoms with Crippen LogP contribution in [0.2, 0.25) is 0 Å². The molecule has 27 heavy (non-hydrogen) atoms. The first-order chi connectivity index (χ1) is 13.1. The summed E-state index contributed by atoms with van der Waals surface area (Å²) in [5.41, 5.74) is 1.94. The molecule has 6 heteroatoms. The van der Waals surface area contributed by atoms with Crippen LogP contribution < -0.4 is 10.1 Å². The van der Waals surface area contributed by atoms with Crippen LogP contribution in [-0.4, -0.2) is 27.7 Å². The molecule has 138 valence electrons. The fraction of sp³-hybridized carbons (Fsp3) is 0.286. The molecule has 0 radical (unpaired) electrons. The molecule has 1 aromatic heterocycles. The van der Waals surface area contributed by atoms with Crippen molar-refractivity contribution in [2.24, 2.45) is 0 Å². The summed E-state index contributed by atoms with van der Waals surface area (Å²) in [7, 11) is 0. The predicted octanol–water partition coefficient (Wildman–Crippen LogP) is 4.06. The summed E-state index contributed by atoms with van der Waals surface area (Å²) in [6.45, 7) is 4.40. The van der Waals surface area contributed by atoms with E-state index in [1.807, 2.05) is 62.4 Å². The maximum Gasteiger partial charge on any atom is 0.233 e. The van der Waals surface area contributed by atoms with Crippen LogP contribution in [0.4, 0.5) is 0 Å². The Bertz CT molecular complexity index is 992. The standard InChI is InChI=1S/C21H21N3O2S/c1-13(27-21-16-8-3-5-9-17(16)22-14(2)23-21)20(25)24-18-11-12-26-19-10-6-4-7-15(18)19/h3-10,13,18H,11-12H2,1-2H3,(H,24,25).